The van der Waals surface area contributed by atoms with Gasteiger partial charge in [-0.3, -0.25) is 30.6 Å². The highest BCUT2D eigenvalue weighted by atomic mass is 35.5. The summed E-state index contributed by atoms with van der Waals surface area (Å²) in [7, 11) is 0. The number of pyridine rings is 1. The number of nitro groups is 1. The maximum atomic E-state index is 12.9. The predicted octanol–water partition coefficient (Wildman–Crippen LogP) is 4.54. The number of nitro benzene ring substituents is 1. The molecule has 0 aliphatic heterocycles. The van der Waals surface area contributed by atoms with Crippen LogP contribution in [0.25, 0.3) is 22.2 Å². The lowest BCUT2D eigenvalue weighted by atomic mass is 10.0. The Hall–Kier alpha value is -4.30. The van der Waals surface area contributed by atoms with E-state index in [9.17, 15) is 19.7 Å². The lowest BCUT2D eigenvalue weighted by Gasteiger charge is -2.11. The number of aromatic nitrogens is 1. The molecule has 1 heterocycles. The fourth-order valence-corrected chi connectivity index (χ4v) is 3.33. The lowest BCUT2D eigenvalue weighted by Crippen LogP contribution is -2.41. The third-order valence-electron chi connectivity index (χ3n) is 4.74. The Morgan fingerprint density at radius 1 is 0.844 bits per heavy atom. The van der Waals surface area contributed by atoms with Gasteiger partial charge in [0.2, 0.25) is 0 Å². The van der Waals surface area contributed by atoms with Gasteiger partial charge in [-0.15, -0.1) is 0 Å². The van der Waals surface area contributed by atoms with Gasteiger partial charge in [0.1, 0.15) is 5.56 Å². The molecule has 0 unspecified atom stereocenters. The molecule has 0 bridgehead atoms. The standard InChI is InChI=1S/C23H15ClN4O4/c24-15-11-9-14(10-12-15)20-13-18(16-5-1-3-7-19(16)25-20)23(30)27-26-22(29)17-6-2-4-8-21(17)28(31)32/h1-13H,(H,26,29)(H,27,30). The highest BCUT2D eigenvalue weighted by molar-refractivity contribution is 6.30. The number of halogens is 1. The van der Waals surface area contributed by atoms with Gasteiger partial charge in [0.05, 0.1) is 21.7 Å². The fraction of sp³-hybridized carbons (Fsp3) is 0. The van der Waals surface area contributed by atoms with Crippen LogP contribution in [-0.4, -0.2) is 21.7 Å². The van der Waals surface area contributed by atoms with E-state index in [2.05, 4.69) is 15.8 Å². The molecule has 0 aliphatic carbocycles. The van der Waals surface area contributed by atoms with E-state index in [4.69, 9.17) is 11.6 Å². The first-order chi connectivity index (χ1) is 15.4. The average molecular weight is 447 g/mol. The highest BCUT2D eigenvalue weighted by Gasteiger charge is 2.20. The van der Waals surface area contributed by atoms with Crippen LogP contribution in [0.4, 0.5) is 5.69 Å². The second-order valence-electron chi connectivity index (χ2n) is 6.76. The SMILES string of the molecule is O=C(NNC(=O)c1cc(-c2ccc(Cl)cc2)nc2ccccc12)c1ccccc1[N+](=O)[O-]. The van der Waals surface area contributed by atoms with Crippen molar-refractivity contribution in [3.8, 4) is 11.3 Å². The van der Waals surface area contributed by atoms with Crippen molar-refractivity contribution < 1.29 is 14.5 Å². The van der Waals surface area contributed by atoms with Crippen LogP contribution < -0.4 is 10.9 Å². The van der Waals surface area contributed by atoms with Crippen molar-refractivity contribution in [3.05, 3.63) is 105 Å². The van der Waals surface area contributed by atoms with Crippen LogP contribution in [0.5, 0.6) is 0 Å². The summed E-state index contributed by atoms with van der Waals surface area (Å²) in [4.78, 5) is 40.5. The normalized spacial score (nSPS) is 10.5. The van der Waals surface area contributed by atoms with Crippen molar-refractivity contribution >= 4 is 40.0 Å². The quantitative estimate of drug-likeness (QED) is 0.353. The molecule has 2 amide bonds. The van der Waals surface area contributed by atoms with Crippen LogP contribution in [0.2, 0.25) is 5.02 Å². The van der Waals surface area contributed by atoms with Crippen molar-refractivity contribution in [3.63, 3.8) is 0 Å². The maximum Gasteiger partial charge on any atom is 0.282 e. The minimum absolute atomic E-state index is 0.167. The number of fused-ring (bicyclic) bond motifs is 1. The number of amides is 2. The number of para-hydroxylation sites is 2. The Labute approximate surface area is 187 Å². The molecule has 0 saturated heterocycles. The van der Waals surface area contributed by atoms with Crippen LogP contribution in [-0.2, 0) is 0 Å². The summed E-state index contributed by atoms with van der Waals surface area (Å²) < 4.78 is 0. The topological polar surface area (TPSA) is 114 Å². The third-order valence-corrected chi connectivity index (χ3v) is 4.99. The first-order valence-electron chi connectivity index (χ1n) is 9.44. The van der Waals surface area contributed by atoms with Gasteiger partial charge in [0, 0.05) is 22.0 Å². The number of rotatable bonds is 4. The Bertz CT molecular complexity index is 1360. The zero-order valence-corrected chi connectivity index (χ0v) is 17.2. The van der Waals surface area contributed by atoms with E-state index in [0.717, 1.165) is 5.56 Å². The van der Waals surface area contributed by atoms with E-state index in [1.807, 2.05) is 0 Å². The molecule has 9 heteroatoms. The number of benzene rings is 3. The monoisotopic (exact) mass is 446 g/mol. The summed E-state index contributed by atoms with van der Waals surface area (Å²) in [5, 5.41) is 12.3. The molecule has 0 aliphatic rings. The summed E-state index contributed by atoms with van der Waals surface area (Å²) in [5.74, 6) is -1.40. The molecule has 4 aromatic rings. The zero-order valence-electron chi connectivity index (χ0n) is 16.4. The molecule has 3 aromatic carbocycles. The van der Waals surface area contributed by atoms with Gasteiger partial charge >= 0.3 is 0 Å². The first-order valence-corrected chi connectivity index (χ1v) is 9.81. The minimum atomic E-state index is -0.804. The Kier molecular flexibility index (Phi) is 5.78. The van der Waals surface area contributed by atoms with Crippen LogP contribution in [0, 0.1) is 10.1 Å². The minimum Gasteiger partial charge on any atom is -0.267 e. The van der Waals surface area contributed by atoms with E-state index in [0.29, 0.717) is 21.6 Å². The maximum absolute atomic E-state index is 12.9. The van der Waals surface area contributed by atoms with Gasteiger partial charge in [-0.1, -0.05) is 54.1 Å². The molecular formula is C23H15ClN4O4. The highest BCUT2D eigenvalue weighted by Crippen LogP contribution is 2.26. The number of hydrogen-bond acceptors (Lipinski definition) is 5. The van der Waals surface area contributed by atoms with Gasteiger partial charge in [0.25, 0.3) is 17.5 Å². The third kappa shape index (κ3) is 4.26. The predicted molar refractivity (Wildman–Crippen MR) is 120 cm³/mol. The van der Waals surface area contributed by atoms with E-state index in [-0.39, 0.29) is 16.8 Å². The second-order valence-corrected chi connectivity index (χ2v) is 7.20. The van der Waals surface area contributed by atoms with Crippen LogP contribution >= 0.6 is 11.6 Å². The molecule has 4 rings (SSSR count). The number of nitrogens with one attached hydrogen (secondary N) is 2. The van der Waals surface area contributed by atoms with Crippen LogP contribution in [0.3, 0.4) is 0 Å². The number of carbonyl (C=O) groups excluding carboxylic acids is 2. The number of hydrazine groups is 1. The molecule has 0 radical (unpaired) electrons. The summed E-state index contributed by atoms with van der Waals surface area (Å²) in [6.45, 7) is 0. The van der Waals surface area contributed by atoms with Gasteiger partial charge in [-0.25, -0.2) is 4.98 Å². The van der Waals surface area contributed by atoms with Gasteiger partial charge in [-0.2, -0.15) is 0 Å². The largest absolute Gasteiger partial charge is 0.282 e. The Morgan fingerprint density at radius 3 is 2.19 bits per heavy atom. The fourth-order valence-electron chi connectivity index (χ4n) is 3.20. The molecule has 2 N–H and O–H groups in total. The molecule has 0 fully saturated rings. The smallest absolute Gasteiger partial charge is 0.267 e. The lowest BCUT2D eigenvalue weighted by molar-refractivity contribution is -0.385. The summed E-state index contributed by atoms with van der Waals surface area (Å²) >= 11 is 5.96. The number of carbonyl (C=O) groups is 2. The molecular weight excluding hydrogens is 432 g/mol. The summed E-state index contributed by atoms with van der Waals surface area (Å²) in [6.07, 6.45) is 0. The van der Waals surface area contributed by atoms with Crippen LogP contribution in [0.1, 0.15) is 20.7 Å². The van der Waals surface area contributed by atoms with Crippen LogP contribution in [0.15, 0.2) is 78.9 Å². The van der Waals surface area contributed by atoms with E-state index >= 15 is 0 Å². The number of nitrogens with zero attached hydrogens (tertiary/aromatic N) is 2. The van der Waals surface area contributed by atoms with Gasteiger partial charge in [0.15, 0.2) is 0 Å². The molecule has 32 heavy (non-hydrogen) atoms. The Balaban J connectivity index is 1.64. The second kappa shape index (κ2) is 8.83. The molecule has 0 atom stereocenters. The van der Waals surface area contributed by atoms with E-state index < -0.39 is 16.7 Å². The molecule has 0 spiro atoms. The first kappa shape index (κ1) is 21.0. The van der Waals surface area contributed by atoms with Crippen molar-refractivity contribution in [1.82, 2.24) is 15.8 Å². The average Bonchev–Trinajstić information content (AvgIpc) is 2.82. The molecule has 8 nitrogen and oxygen atoms in total. The Morgan fingerprint density at radius 2 is 1.47 bits per heavy atom. The van der Waals surface area contributed by atoms with Crippen molar-refractivity contribution in [2.24, 2.45) is 0 Å². The van der Waals surface area contributed by atoms with Crippen molar-refractivity contribution in [2.75, 3.05) is 0 Å². The van der Waals surface area contributed by atoms with E-state index in [1.54, 1.807) is 54.6 Å². The van der Waals surface area contributed by atoms with E-state index in [1.165, 1.54) is 24.3 Å². The summed E-state index contributed by atoms with van der Waals surface area (Å²) in [5.41, 5.74) is 6.23. The zero-order chi connectivity index (χ0) is 22.7. The molecule has 158 valence electrons. The summed E-state index contributed by atoms with van der Waals surface area (Å²) in [6, 6.07) is 21.2. The number of hydrogen-bond donors (Lipinski definition) is 2. The molecule has 1 aromatic heterocycles. The van der Waals surface area contributed by atoms with Gasteiger partial charge < -0.3 is 0 Å². The van der Waals surface area contributed by atoms with Crippen molar-refractivity contribution in [1.29, 1.82) is 0 Å². The van der Waals surface area contributed by atoms with Gasteiger partial charge in [-0.05, 0) is 30.3 Å². The van der Waals surface area contributed by atoms with Crippen molar-refractivity contribution in [2.45, 2.75) is 0 Å². The molecule has 0 saturated carbocycles.